The van der Waals surface area contributed by atoms with E-state index in [1.807, 2.05) is 30.6 Å². The van der Waals surface area contributed by atoms with Gasteiger partial charge in [-0.1, -0.05) is 0 Å². The minimum atomic E-state index is 0. The molecule has 0 spiro atoms. The number of halogens is 1. The summed E-state index contributed by atoms with van der Waals surface area (Å²) in [5, 5.41) is 4.39. The molecular weight excluding hydrogens is 329 g/mol. The molecule has 0 unspecified atom stereocenters. The van der Waals surface area contributed by atoms with E-state index in [4.69, 9.17) is 5.73 Å². The maximum atomic E-state index is 5.68. The van der Waals surface area contributed by atoms with Gasteiger partial charge in [0.1, 0.15) is 0 Å². The molecule has 98 valence electrons. The maximum Gasteiger partial charge on any atom is 0.190 e. The van der Waals surface area contributed by atoms with Crippen molar-refractivity contribution < 1.29 is 0 Å². The van der Waals surface area contributed by atoms with Crippen LogP contribution in [0.2, 0.25) is 0 Å². The molecule has 17 heavy (non-hydrogen) atoms. The normalized spacial score (nSPS) is 11.2. The lowest BCUT2D eigenvalue weighted by atomic mass is 10.4. The molecule has 0 atom stereocenters. The van der Waals surface area contributed by atoms with Gasteiger partial charge in [0, 0.05) is 32.9 Å². The van der Waals surface area contributed by atoms with Gasteiger partial charge in [0.05, 0.1) is 5.69 Å². The van der Waals surface area contributed by atoms with Crippen LogP contribution in [0.15, 0.2) is 11.1 Å². The van der Waals surface area contributed by atoms with E-state index in [0.29, 0.717) is 5.96 Å². The van der Waals surface area contributed by atoms with Crippen LogP contribution in [0.5, 0.6) is 0 Å². The monoisotopic (exact) mass is 351 g/mol. The van der Waals surface area contributed by atoms with Gasteiger partial charge >= 0.3 is 0 Å². The zero-order valence-corrected chi connectivity index (χ0v) is 13.3. The lowest BCUT2D eigenvalue weighted by Crippen LogP contribution is -2.30. The number of nitrogens with two attached hydrogens (primary N) is 1. The topological polar surface area (TPSA) is 59.4 Å². The number of nitrogens with zero attached hydrogens (tertiary/aromatic N) is 4. The molecule has 0 aromatic carbocycles. The van der Waals surface area contributed by atoms with Crippen molar-refractivity contribution in [3.63, 3.8) is 0 Å². The van der Waals surface area contributed by atoms with E-state index < -0.39 is 0 Å². The predicted octanol–water partition coefficient (Wildman–Crippen LogP) is 1.38. The molecule has 0 saturated heterocycles. The quantitative estimate of drug-likeness (QED) is 0.386. The molecule has 1 aromatic rings. The molecule has 1 heterocycles. The summed E-state index contributed by atoms with van der Waals surface area (Å²) in [7, 11) is 3.78. The molecule has 0 saturated carbocycles. The first kappa shape index (κ1) is 16.2. The first-order valence-electron chi connectivity index (χ1n) is 5.49. The molecule has 0 aliphatic rings. The standard InChI is InChI=1S/C11H21N5.HI/c1-9-8-10(2)16(14-9)7-5-6-13-11(12)15(3)4;/h8H,5-7H2,1-4H3,(H2,12,13);1H. The summed E-state index contributed by atoms with van der Waals surface area (Å²) < 4.78 is 2.01. The highest BCUT2D eigenvalue weighted by Crippen LogP contribution is 2.02. The Kier molecular flexibility index (Phi) is 7.17. The number of aliphatic imine (C=N–C) groups is 1. The Morgan fingerprint density at radius 1 is 1.47 bits per heavy atom. The molecule has 1 aromatic heterocycles. The van der Waals surface area contributed by atoms with Crippen molar-refractivity contribution in [3.8, 4) is 0 Å². The third-order valence-corrected chi connectivity index (χ3v) is 2.36. The minimum Gasteiger partial charge on any atom is -0.370 e. The van der Waals surface area contributed by atoms with Gasteiger partial charge in [0.15, 0.2) is 5.96 Å². The smallest absolute Gasteiger partial charge is 0.190 e. The molecule has 0 fully saturated rings. The van der Waals surface area contributed by atoms with Crippen molar-refractivity contribution in [3.05, 3.63) is 17.5 Å². The van der Waals surface area contributed by atoms with Crippen LogP contribution in [0.4, 0.5) is 0 Å². The van der Waals surface area contributed by atoms with Crippen LogP contribution in [0, 0.1) is 13.8 Å². The molecule has 0 amide bonds. The van der Waals surface area contributed by atoms with Gasteiger partial charge in [0.2, 0.25) is 0 Å². The van der Waals surface area contributed by atoms with Crippen LogP contribution < -0.4 is 5.73 Å². The first-order valence-corrected chi connectivity index (χ1v) is 5.49. The highest BCUT2D eigenvalue weighted by Gasteiger charge is 2.00. The Hall–Kier alpha value is -0.790. The third-order valence-electron chi connectivity index (χ3n) is 2.36. The third kappa shape index (κ3) is 5.38. The van der Waals surface area contributed by atoms with Gasteiger partial charge in [-0.15, -0.1) is 24.0 Å². The Morgan fingerprint density at radius 3 is 2.59 bits per heavy atom. The summed E-state index contributed by atoms with van der Waals surface area (Å²) >= 11 is 0. The second kappa shape index (κ2) is 7.52. The van der Waals surface area contributed by atoms with E-state index in [0.717, 1.165) is 25.2 Å². The summed E-state index contributed by atoms with van der Waals surface area (Å²) in [6, 6.07) is 2.08. The molecule has 0 aliphatic carbocycles. The number of rotatable bonds is 4. The van der Waals surface area contributed by atoms with E-state index in [-0.39, 0.29) is 24.0 Å². The second-order valence-electron chi connectivity index (χ2n) is 4.14. The molecule has 0 radical (unpaired) electrons. The van der Waals surface area contributed by atoms with Gasteiger partial charge in [-0.05, 0) is 26.3 Å². The number of hydrogen-bond donors (Lipinski definition) is 1. The van der Waals surface area contributed by atoms with Crippen molar-refractivity contribution in [2.45, 2.75) is 26.8 Å². The number of guanidine groups is 1. The van der Waals surface area contributed by atoms with Crippen molar-refractivity contribution in [1.29, 1.82) is 0 Å². The average molecular weight is 351 g/mol. The predicted molar refractivity (Wildman–Crippen MR) is 81.9 cm³/mol. The van der Waals surface area contributed by atoms with E-state index in [1.54, 1.807) is 0 Å². The lowest BCUT2D eigenvalue weighted by molar-refractivity contribution is 0.561. The second-order valence-corrected chi connectivity index (χ2v) is 4.14. The lowest BCUT2D eigenvalue weighted by Gasteiger charge is -2.10. The summed E-state index contributed by atoms with van der Waals surface area (Å²) in [6.45, 7) is 5.70. The number of hydrogen-bond acceptors (Lipinski definition) is 2. The van der Waals surface area contributed by atoms with Crippen LogP contribution in [0.1, 0.15) is 17.8 Å². The Balaban J connectivity index is 0.00000256. The van der Waals surface area contributed by atoms with Gasteiger partial charge in [0.25, 0.3) is 0 Å². The van der Waals surface area contributed by atoms with Gasteiger partial charge in [-0.25, -0.2) is 0 Å². The number of aryl methyl sites for hydroxylation is 3. The molecular formula is C11H22IN5. The summed E-state index contributed by atoms with van der Waals surface area (Å²) in [6.07, 6.45) is 0.955. The van der Waals surface area contributed by atoms with Gasteiger partial charge in [-0.2, -0.15) is 5.10 Å². The molecule has 6 heteroatoms. The van der Waals surface area contributed by atoms with Crippen molar-refractivity contribution in [1.82, 2.24) is 14.7 Å². The van der Waals surface area contributed by atoms with E-state index in [2.05, 4.69) is 23.1 Å². The molecule has 1 rings (SSSR count). The fraction of sp³-hybridized carbons (Fsp3) is 0.636. The van der Waals surface area contributed by atoms with Crippen molar-refractivity contribution >= 4 is 29.9 Å². The van der Waals surface area contributed by atoms with Crippen molar-refractivity contribution in [2.24, 2.45) is 10.7 Å². The zero-order chi connectivity index (χ0) is 12.1. The van der Waals surface area contributed by atoms with Crippen LogP contribution in [0.25, 0.3) is 0 Å². The Bertz CT molecular complexity index is 370. The fourth-order valence-electron chi connectivity index (χ4n) is 1.46. The first-order chi connectivity index (χ1) is 7.50. The Labute approximate surface area is 120 Å². The number of aromatic nitrogens is 2. The largest absolute Gasteiger partial charge is 0.370 e. The Morgan fingerprint density at radius 2 is 2.12 bits per heavy atom. The highest BCUT2D eigenvalue weighted by molar-refractivity contribution is 14.0. The van der Waals surface area contributed by atoms with E-state index in [1.165, 1.54) is 5.69 Å². The van der Waals surface area contributed by atoms with Crippen LogP contribution in [0.3, 0.4) is 0 Å². The van der Waals surface area contributed by atoms with Gasteiger partial charge in [-0.3, -0.25) is 9.67 Å². The summed E-state index contributed by atoms with van der Waals surface area (Å²) in [4.78, 5) is 6.06. The average Bonchev–Trinajstić information content (AvgIpc) is 2.51. The van der Waals surface area contributed by atoms with Crippen LogP contribution in [-0.2, 0) is 6.54 Å². The van der Waals surface area contributed by atoms with Crippen LogP contribution in [-0.4, -0.2) is 41.3 Å². The SMILES string of the molecule is Cc1cc(C)n(CCCN=C(N)N(C)C)n1.I. The maximum absolute atomic E-state index is 5.68. The fourth-order valence-corrected chi connectivity index (χ4v) is 1.46. The summed E-state index contributed by atoms with van der Waals surface area (Å²) in [5.41, 5.74) is 7.94. The summed E-state index contributed by atoms with van der Waals surface area (Å²) in [5.74, 6) is 0.577. The molecule has 2 N–H and O–H groups in total. The van der Waals surface area contributed by atoms with Gasteiger partial charge < -0.3 is 10.6 Å². The highest BCUT2D eigenvalue weighted by atomic mass is 127. The van der Waals surface area contributed by atoms with Crippen LogP contribution >= 0.6 is 24.0 Å². The molecule has 5 nitrogen and oxygen atoms in total. The molecule has 0 bridgehead atoms. The zero-order valence-electron chi connectivity index (χ0n) is 11.0. The minimum absolute atomic E-state index is 0. The van der Waals surface area contributed by atoms with Crippen molar-refractivity contribution in [2.75, 3.05) is 20.6 Å². The van der Waals surface area contributed by atoms with E-state index in [9.17, 15) is 0 Å². The molecule has 0 aliphatic heterocycles. The van der Waals surface area contributed by atoms with E-state index >= 15 is 0 Å².